The first-order valence-electron chi connectivity index (χ1n) is 9.32. The number of hydrogen-bond acceptors (Lipinski definition) is 5. The molecule has 0 aliphatic carbocycles. The molecule has 0 aliphatic heterocycles. The second kappa shape index (κ2) is 7.59. The highest BCUT2D eigenvalue weighted by molar-refractivity contribution is 7.16. The van der Waals surface area contributed by atoms with Gasteiger partial charge in [-0.15, -0.1) is 11.3 Å². The van der Waals surface area contributed by atoms with Gasteiger partial charge < -0.3 is 5.32 Å². The maximum Gasteiger partial charge on any atom is 0.291 e. The molecule has 0 spiro atoms. The van der Waals surface area contributed by atoms with Gasteiger partial charge in [0.1, 0.15) is 22.7 Å². The van der Waals surface area contributed by atoms with Crippen LogP contribution in [0.1, 0.15) is 24.9 Å². The summed E-state index contributed by atoms with van der Waals surface area (Å²) >= 11 is 1.58. The molecule has 0 atom stereocenters. The van der Waals surface area contributed by atoms with Gasteiger partial charge in [-0.2, -0.15) is 10.2 Å². The van der Waals surface area contributed by atoms with Crippen molar-refractivity contribution in [1.82, 2.24) is 29.3 Å². The van der Waals surface area contributed by atoms with Crippen LogP contribution in [0.25, 0.3) is 15.7 Å². The molecule has 1 amide bonds. The van der Waals surface area contributed by atoms with E-state index in [2.05, 4.69) is 15.5 Å². The molecule has 146 valence electrons. The van der Waals surface area contributed by atoms with E-state index in [0.29, 0.717) is 18.5 Å². The molecular weight excluding hydrogens is 376 g/mol. The Kier molecular flexibility index (Phi) is 4.99. The fraction of sp³-hybridized carbons (Fsp3) is 0.368. The maximum atomic E-state index is 12.8. The lowest BCUT2D eigenvalue weighted by Gasteiger charge is -2.10. The lowest BCUT2D eigenvalue weighted by molar-refractivity contribution is -0.121. The number of nitrogens with one attached hydrogen (secondary N) is 1. The number of hydrogen-bond donors (Lipinski definition) is 1. The SMILES string of the molecule is CCc1nn(CC(=O)NCCCn2ccc(C)n2)c(=O)c2cc3ccsc3n12. The summed E-state index contributed by atoms with van der Waals surface area (Å²) in [5, 5.41) is 14.6. The quantitative estimate of drug-likeness (QED) is 0.482. The number of thiophene rings is 1. The Labute approximate surface area is 165 Å². The number of carbonyl (C=O) groups is 1. The van der Waals surface area contributed by atoms with Crippen molar-refractivity contribution in [3.63, 3.8) is 0 Å². The molecule has 4 rings (SSSR count). The topological polar surface area (TPSA) is 86.2 Å². The first kappa shape index (κ1) is 18.4. The van der Waals surface area contributed by atoms with Crippen LogP contribution in [-0.2, 0) is 24.3 Å². The highest BCUT2D eigenvalue weighted by Gasteiger charge is 2.15. The van der Waals surface area contributed by atoms with E-state index >= 15 is 0 Å². The predicted molar refractivity (Wildman–Crippen MR) is 109 cm³/mol. The van der Waals surface area contributed by atoms with Gasteiger partial charge in [0.2, 0.25) is 5.91 Å². The number of amides is 1. The number of rotatable bonds is 7. The molecular formula is C19H22N6O2S. The van der Waals surface area contributed by atoms with Gasteiger partial charge in [-0.1, -0.05) is 6.92 Å². The minimum absolute atomic E-state index is 0.0813. The van der Waals surface area contributed by atoms with Gasteiger partial charge in [-0.3, -0.25) is 18.7 Å². The Morgan fingerprint density at radius 2 is 2.14 bits per heavy atom. The van der Waals surface area contributed by atoms with Gasteiger partial charge in [0.25, 0.3) is 5.56 Å². The second-order valence-electron chi connectivity index (χ2n) is 6.70. The van der Waals surface area contributed by atoms with Crippen molar-refractivity contribution in [2.45, 2.75) is 39.8 Å². The second-order valence-corrected chi connectivity index (χ2v) is 7.60. The van der Waals surface area contributed by atoms with Crippen LogP contribution < -0.4 is 10.9 Å². The van der Waals surface area contributed by atoms with Crippen LogP contribution in [0.5, 0.6) is 0 Å². The van der Waals surface area contributed by atoms with Gasteiger partial charge in [0.05, 0.1) is 5.69 Å². The molecule has 4 aromatic heterocycles. The Morgan fingerprint density at radius 3 is 2.89 bits per heavy atom. The van der Waals surface area contributed by atoms with E-state index in [1.165, 1.54) is 4.68 Å². The van der Waals surface area contributed by atoms with Crippen LogP contribution >= 0.6 is 11.3 Å². The number of aryl methyl sites for hydroxylation is 3. The molecule has 0 aliphatic rings. The van der Waals surface area contributed by atoms with E-state index in [9.17, 15) is 9.59 Å². The molecule has 4 aromatic rings. The third-order valence-electron chi connectivity index (χ3n) is 4.63. The van der Waals surface area contributed by atoms with Gasteiger partial charge in [-0.25, -0.2) is 4.68 Å². The van der Waals surface area contributed by atoms with E-state index in [0.717, 1.165) is 34.7 Å². The summed E-state index contributed by atoms with van der Waals surface area (Å²) < 4.78 is 5.03. The van der Waals surface area contributed by atoms with Gasteiger partial charge >= 0.3 is 0 Å². The fourth-order valence-corrected chi connectivity index (χ4v) is 4.20. The van der Waals surface area contributed by atoms with E-state index in [4.69, 9.17) is 0 Å². The van der Waals surface area contributed by atoms with Gasteiger partial charge in [-0.05, 0) is 36.9 Å². The molecule has 0 radical (unpaired) electrons. The van der Waals surface area contributed by atoms with Crippen molar-refractivity contribution in [1.29, 1.82) is 0 Å². The summed E-state index contributed by atoms with van der Waals surface area (Å²) in [6.07, 6.45) is 3.36. The predicted octanol–water partition coefficient (Wildman–Crippen LogP) is 1.98. The monoisotopic (exact) mass is 398 g/mol. The minimum atomic E-state index is -0.247. The van der Waals surface area contributed by atoms with Crippen LogP contribution in [0.2, 0.25) is 0 Å². The minimum Gasteiger partial charge on any atom is -0.354 e. The summed E-state index contributed by atoms with van der Waals surface area (Å²) in [5.41, 5.74) is 1.29. The molecule has 8 nitrogen and oxygen atoms in total. The number of fused-ring (bicyclic) bond motifs is 3. The average molecular weight is 398 g/mol. The Bertz CT molecular complexity index is 1200. The largest absolute Gasteiger partial charge is 0.354 e. The van der Waals surface area contributed by atoms with Crippen LogP contribution in [0.15, 0.2) is 34.6 Å². The van der Waals surface area contributed by atoms with Crippen molar-refractivity contribution in [2.24, 2.45) is 0 Å². The Hall–Kier alpha value is -2.94. The molecule has 0 saturated heterocycles. The Morgan fingerprint density at radius 1 is 1.29 bits per heavy atom. The maximum absolute atomic E-state index is 12.8. The standard InChI is InChI=1S/C19H22N6O2S/c1-3-16-22-24(18(27)15-11-14-6-10-28-19(14)25(15)16)12-17(26)20-7-4-8-23-9-5-13(2)21-23/h5-6,9-11H,3-4,7-8,12H2,1-2H3,(H,20,26). The smallest absolute Gasteiger partial charge is 0.291 e. The fourth-order valence-electron chi connectivity index (χ4n) is 3.28. The zero-order chi connectivity index (χ0) is 19.7. The highest BCUT2D eigenvalue weighted by atomic mass is 32.1. The van der Waals surface area contributed by atoms with Crippen LogP contribution in [0.3, 0.4) is 0 Å². The highest BCUT2D eigenvalue weighted by Crippen LogP contribution is 2.24. The van der Waals surface area contributed by atoms with Crippen molar-refractivity contribution in [2.75, 3.05) is 6.54 Å². The van der Waals surface area contributed by atoms with Crippen molar-refractivity contribution in [3.05, 3.63) is 51.6 Å². The van der Waals surface area contributed by atoms with E-state index < -0.39 is 0 Å². The lowest BCUT2D eigenvalue weighted by Crippen LogP contribution is -2.35. The third-order valence-corrected chi connectivity index (χ3v) is 5.54. The zero-order valence-electron chi connectivity index (χ0n) is 15.9. The van der Waals surface area contributed by atoms with Crippen molar-refractivity contribution >= 4 is 33.0 Å². The molecule has 0 saturated carbocycles. The molecule has 0 unspecified atom stereocenters. The summed E-state index contributed by atoms with van der Waals surface area (Å²) in [5.74, 6) is 0.555. The number of aromatic nitrogens is 5. The normalized spacial score (nSPS) is 11.5. The number of nitrogens with zero attached hydrogens (tertiary/aromatic N) is 5. The summed E-state index contributed by atoms with van der Waals surface area (Å²) in [6.45, 7) is 5.11. The van der Waals surface area contributed by atoms with E-state index in [1.54, 1.807) is 11.3 Å². The third kappa shape index (κ3) is 3.45. The molecule has 0 fully saturated rings. The van der Waals surface area contributed by atoms with Gasteiger partial charge in [0.15, 0.2) is 0 Å². The summed E-state index contributed by atoms with van der Waals surface area (Å²) in [6, 6.07) is 5.81. The van der Waals surface area contributed by atoms with Crippen LogP contribution in [0, 0.1) is 6.92 Å². The lowest BCUT2D eigenvalue weighted by atomic mass is 10.4. The van der Waals surface area contributed by atoms with Crippen molar-refractivity contribution in [3.8, 4) is 0 Å². The molecule has 9 heteroatoms. The van der Waals surface area contributed by atoms with Crippen molar-refractivity contribution < 1.29 is 4.79 Å². The summed E-state index contributed by atoms with van der Waals surface area (Å²) in [7, 11) is 0. The van der Waals surface area contributed by atoms with E-state index in [-0.39, 0.29) is 18.0 Å². The summed E-state index contributed by atoms with van der Waals surface area (Å²) in [4.78, 5) is 26.1. The first-order chi connectivity index (χ1) is 13.6. The first-order valence-corrected chi connectivity index (χ1v) is 10.2. The van der Waals surface area contributed by atoms with Crippen LogP contribution in [-0.4, -0.2) is 36.4 Å². The van der Waals surface area contributed by atoms with E-state index in [1.807, 2.05) is 52.7 Å². The molecule has 28 heavy (non-hydrogen) atoms. The average Bonchev–Trinajstić information content (AvgIpc) is 3.37. The molecule has 0 aromatic carbocycles. The van der Waals surface area contributed by atoms with Crippen LogP contribution in [0.4, 0.5) is 0 Å². The molecule has 4 heterocycles. The number of carbonyl (C=O) groups excluding carboxylic acids is 1. The Balaban J connectivity index is 1.45. The van der Waals surface area contributed by atoms with Gasteiger partial charge in [0, 0.05) is 31.1 Å². The molecule has 0 bridgehead atoms. The zero-order valence-corrected chi connectivity index (χ0v) is 16.7. The molecule has 1 N–H and O–H groups in total.